The zero-order chi connectivity index (χ0) is 38.7. The van der Waals surface area contributed by atoms with Crippen LogP contribution in [0.5, 0.6) is 0 Å². The van der Waals surface area contributed by atoms with Gasteiger partial charge in [0.2, 0.25) is 0 Å². The van der Waals surface area contributed by atoms with Crippen molar-refractivity contribution in [3.8, 4) is 11.1 Å². The number of nitrogens with one attached hydrogen (secondary N) is 4. The molecule has 6 nitrogen and oxygen atoms in total. The smallest absolute Gasteiger partial charge is 0.124 e. The van der Waals surface area contributed by atoms with Crippen LogP contribution < -0.4 is 10.6 Å². The molecule has 9 unspecified atom stereocenters. The number of aromatic amines is 2. The molecule has 7 aliphatic rings. The maximum Gasteiger partial charge on any atom is 0.124 e. The van der Waals surface area contributed by atoms with Crippen molar-refractivity contribution in [2.75, 3.05) is 0 Å². The van der Waals surface area contributed by atoms with E-state index in [1.807, 2.05) is 0 Å². The van der Waals surface area contributed by atoms with Crippen LogP contribution in [0.25, 0.3) is 38.8 Å². The molecular weight excluding hydrogens is 709 g/mol. The Labute approximate surface area is 346 Å². The number of H-pyrrole nitrogens is 2. The number of benzene rings is 3. The van der Waals surface area contributed by atoms with Crippen molar-refractivity contribution >= 4 is 27.6 Å². The summed E-state index contributed by atoms with van der Waals surface area (Å²) in [4.78, 5) is 18.0. The molecule has 4 N–H and O–H groups in total. The molecule has 5 aliphatic carbocycles. The standard InChI is InChI=1S/C52H66N6/c1-3-9-32-17-18-33-19-20-34-16-14-31(26-41(34)35-21-24-44-46(27-35)57-51(55-44)48-28-36-10-5-7-12-42(36)53-48)15-23-40(32)50(39(33)4-2)38-22-25-45-47(30-38)58-52(56-45)49-29-37-11-6-8-13-43(37)54-49/h14,16,21-22,24-27,30,32-33,36-37,40,42-43,48-49,53-54H,3-13,15,17-20,23,28-29H2,1-2H3,(H,55,57)(H,56,58). The van der Waals surface area contributed by atoms with E-state index in [0.29, 0.717) is 36.0 Å². The third-order valence-corrected chi connectivity index (χ3v) is 16.4. The first-order valence-corrected chi connectivity index (χ1v) is 24.0. The van der Waals surface area contributed by atoms with Crippen LogP contribution in [-0.4, -0.2) is 32.0 Å². The van der Waals surface area contributed by atoms with Crippen LogP contribution >= 0.6 is 0 Å². The van der Waals surface area contributed by atoms with E-state index >= 15 is 0 Å². The summed E-state index contributed by atoms with van der Waals surface area (Å²) in [7, 11) is 0. The van der Waals surface area contributed by atoms with Gasteiger partial charge in [-0.25, -0.2) is 9.97 Å². The first kappa shape index (κ1) is 37.3. The monoisotopic (exact) mass is 775 g/mol. The van der Waals surface area contributed by atoms with Crippen molar-refractivity contribution in [3.63, 3.8) is 0 Å². The number of rotatable bonds is 7. The first-order chi connectivity index (χ1) is 28.6. The minimum atomic E-state index is 0.354. The summed E-state index contributed by atoms with van der Waals surface area (Å²) in [6, 6.07) is 23.9. The number of nitrogens with zero attached hydrogens (tertiary/aromatic N) is 2. The molecule has 2 aromatic heterocycles. The molecular formula is C52H66N6. The normalized spacial score (nSPS) is 31.4. The fourth-order valence-corrected chi connectivity index (χ4v) is 13.5. The van der Waals surface area contributed by atoms with Crippen molar-refractivity contribution in [1.29, 1.82) is 0 Å². The maximum atomic E-state index is 5.22. The van der Waals surface area contributed by atoms with Crippen LogP contribution in [0.4, 0.5) is 0 Å². The third kappa shape index (κ3) is 6.88. The van der Waals surface area contributed by atoms with Gasteiger partial charge >= 0.3 is 0 Å². The van der Waals surface area contributed by atoms with Gasteiger partial charge in [-0.05, 0) is 171 Å². The molecule has 4 bridgehead atoms. The van der Waals surface area contributed by atoms with Crippen LogP contribution in [0.1, 0.15) is 163 Å². The Morgan fingerprint density at radius 1 is 0.621 bits per heavy atom. The minimum Gasteiger partial charge on any atom is -0.341 e. The van der Waals surface area contributed by atoms with E-state index in [2.05, 4.69) is 89.0 Å². The molecule has 0 amide bonds. The predicted octanol–water partition coefficient (Wildman–Crippen LogP) is 12.5. The summed E-state index contributed by atoms with van der Waals surface area (Å²) < 4.78 is 0. The van der Waals surface area contributed by atoms with Gasteiger partial charge in [-0.3, -0.25) is 0 Å². The largest absolute Gasteiger partial charge is 0.341 e. The molecule has 304 valence electrons. The minimum absolute atomic E-state index is 0.354. The highest BCUT2D eigenvalue weighted by Crippen LogP contribution is 2.49. The van der Waals surface area contributed by atoms with Gasteiger partial charge in [0, 0.05) is 12.1 Å². The zero-order valence-corrected chi connectivity index (χ0v) is 35.2. The van der Waals surface area contributed by atoms with E-state index < -0.39 is 0 Å². The Hall–Kier alpha value is -3.74. The van der Waals surface area contributed by atoms with Crippen molar-refractivity contribution in [1.82, 2.24) is 30.6 Å². The van der Waals surface area contributed by atoms with Crippen LogP contribution in [0.2, 0.25) is 0 Å². The third-order valence-electron chi connectivity index (χ3n) is 16.4. The lowest BCUT2D eigenvalue weighted by Crippen LogP contribution is -2.30. The topological polar surface area (TPSA) is 81.4 Å². The lowest BCUT2D eigenvalue weighted by molar-refractivity contribution is 0.322. The van der Waals surface area contributed by atoms with Gasteiger partial charge in [0.25, 0.3) is 0 Å². The number of hydrogen-bond acceptors (Lipinski definition) is 4. The Bertz CT molecular complexity index is 2280. The summed E-state index contributed by atoms with van der Waals surface area (Å²) in [5.41, 5.74) is 15.3. The Kier molecular flexibility index (Phi) is 10.1. The van der Waals surface area contributed by atoms with Gasteiger partial charge in [0.1, 0.15) is 11.6 Å². The van der Waals surface area contributed by atoms with Gasteiger partial charge in [0.05, 0.1) is 34.2 Å². The molecule has 9 atom stereocenters. The van der Waals surface area contributed by atoms with Gasteiger partial charge in [-0.15, -0.1) is 0 Å². The highest BCUT2D eigenvalue weighted by atomic mass is 15.1. The van der Waals surface area contributed by atoms with E-state index in [-0.39, 0.29) is 0 Å². The second-order valence-corrected chi connectivity index (χ2v) is 19.7. The molecule has 58 heavy (non-hydrogen) atoms. The number of aromatic nitrogens is 4. The number of imidazole rings is 2. The lowest BCUT2D eigenvalue weighted by Gasteiger charge is -2.30. The molecule has 0 spiro atoms. The van der Waals surface area contributed by atoms with Gasteiger partial charge < -0.3 is 20.6 Å². The summed E-state index contributed by atoms with van der Waals surface area (Å²) >= 11 is 0. The zero-order valence-electron chi connectivity index (χ0n) is 35.2. The fourth-order valence-electron chi connectivity index (χ4n) is 13.5. The summed E-state index contributed by atoms with van der Waals surface area (Å²) in [5.74, 6) is 5.81. The van der Waals surface area contributed by atoms with E-state index in [4.69, 9.17) is 9.97 Å². The number of aryl methyl sites for hydroxylation is 2. The summed E-state index contributed by atoms with van der Waals surface area (Å²) in [5, 5.41) is 7.94. The number of fused-ring (bicyclic) bond motifs is 8. The van der Waals surface area contributed by atoms with Crippen LogP contribution in [0.3, 0.4) is 0 Å². The van der Waals surface area contributed by atoms with E-state index in [1.165, 1.54) is 142 Å². The molecule has 4 heterocycles. The second kappa shape index (κ2) is 15.7. The Morgan fingerprint density at radius 2 is 1.28 bits per heavy atom. The molecule has 2 saturated carbocycles. The SMILES string of the molecule is CCCC1CCC2CCc3ccc(cc3-c3ccc4nc(C5CC6CCCCC6N5)[nH]c4c3)CCC1C(c1ccc3nc(C4CC5CCCCC5N4)[nH]c3c1)=C2CC. The van der Waals surface area contributed by atoms with Crippen molar-refractivity contribution < 1.29 is 0 Å². The van der Waals surface area contributed by atoms with Crippen molar-refractivity contribution in [3.05, 3.63) is 88.5 Å². The number of hydrogen-bond donors (Lipinski definition) is 4. The van der Waals surface area contributed by atoms with Crippen molar-refractivity contribution in [2.45, 2.75) is 160 Å². The number of allylic oxidation sites excluding steroid dienone is 2. The van der Waals surface area contributed by atoms with Gasteiger partial charge in [-0.2, -0.15) is 0 Å². The second-order valence-electron chi connectivity index (χ2n) is 19.7. The molecule has 3 aromatic carbocycles. The average molecular weight is 775 g/mol. The molecule has 0 radical (unpaired) electrons. The van der Waals surface area contributed by atoms with Crippen molar-refractivity contribution in [2.24, 2.45) is 29.6 Å². The van der Waals surface area contributed by atoms with Crippen LogP contribution in [0.15, 0.2) is 60.2 Å². The lowest BCUT2D eigenvalue weighted by atomic mass is 9.74. The van der Waals surface area contributed by atoms with Gasteiger partial charge in [0.15, 0.2) is 0 Å². The molecule has 4 fully saturated rings. The van der Waals surface area contributed by atoms with Gasteiger partial charge in [-0.1, -0.05) is 88.3 Å². The molecule has 12 rings (SSSR count). The van der Waals surface area contributed by atoms with E-state index in [9.17, 15) is 0 Å². The van der Waals surface area contributed by atoms with Crippen LogP contribution in [0, 0.1) is 29.6 Å². The van der Waals surface area contributed by atoms with E-state index in [0.717, 1.165) is 59.7 Å². The Morgan fingerprint density at radius 3 is 1.93 bits per heavy atom. The quantitative estimate of drug-likeness (QED) is 0.133. The van der Waals surface area contributed by atoms with E-state index in [1.54, 1.807) is 11.1 Å². The Balaban J connectivity index is 0.913. The average Bonchev–Trinajstić information content (AvgIpc) is 4.05. The molecule has 6 heteroatoms. The summed E-state index contributed by atoms with van der Waals surface area (Å²) in [6.07, 6.45) is 24.4. The first-order valence-electron chi connectivity index (χ1n) is 24.0. The summed E-state index contributed by atoms with van der Waals surface area (Å²) in [6.45, 7) is 4.86. The fraction of sp³-hybridized carbons (Fsp3) is 0.577. The highest BCUT2D eigenvalue weighted by molar-refractivity contribution is 5.84. The maximum absolute atomic E-state index is 5.22. The van der Waals surface area contributed by atoms with Crippen LogP contribution in [-0.2, 0) is 12.8 Å². The molecule has 5 aromatic rings. The molecule has 2 saturated heterocycles. The predicted molar refractivity (Wildman–Crippen MR) is 239 cm³/mol. The highest BCUT2D eigenvalue weighted by Gasteiger charge is 2.39. The molecule has 2 aliphatic heterocycles.